The number of aliphatic hydroxyl groups is 2. The Balaban J connectivity index is 0.000000117. The van der Waals surface area contributed by atoms with Gasteiger partial charge in [0.25, 0.3) is 17.7 Å². The highest BCUT2D eigenvalue weighted by Crippen LogP contribution is 2.42. The van der Waals surface area contributed by atoms with Crippen molar-refractivity contribution in [1.82, 2.24) is 74.6 Å². The number of amides is 4. The van der Waals surface area contributed by atoms with Crippen molar-refractivity contribution < 1.29 is 38.9 Å². The Bertz CT molecular complexity index is 5410. The molecule has 111 heavy (non-hydrogen) atoms. The number of β-amino-alcohol motifs (C(OH)–C–C–N with tert-alkyl or cyclic N) is 1. The molecule has 29 nitrogen and oxygen atoms in total. The monoisotopic (exact) mass is 1490 g/mol. The molecule has 8 N–H and O–H groups in total. The van der Waals surface area contributed by atoms with Gasteiger partial charge in [0.15, 0.2) is 0 Å². The smallest absolute Gasteiger partial charge is 0.254 e. The molecule has 0 saturated carbocycles. The van der Waals surface area contributed by atoms with Crippen LogP contribution < -0.4 is 46.6 Å². The van der Waals surface area contributed by atoms with Gasteiger partial charge in [-0.1, -0.05) is 12.1 Å². The van der Waals surface area contributed by atoms with Crippen LogP contribution in [0.25, 0.3) is 55.7 Å². The molecule has 0 aliphatic carbocycles. The molecule has 9 aliphatic rings. The van der Waals surface area contributed by atoms with Crippen molar-refractivity contribution in [1.29, 1.82) is 0 Å². The third kappa shape index (κ3) is 13.9. The van der Waals surface area contributed by atoms with Crippen LogP contribution in [0.4, 0.5) is 51.6 Å². The van der Waals surface area contributed by atoms with Crippen LogP contribution in [0.2, 0.25) is 0 Å². The van der Waals surface area contributed by atoms with Gasteiger partial charge in [-0.25, -0.2) is 24.9 Å². The molecular formula is C82H87N21O8. The van der Waals surface area contributed by atoms with Crippen LogP contribution >= 0.6 is 0 Å². The number of aromatic nitrogens is 10. The average Bonchev–Trinajstić information content (AvgIpc) is 1.66. The van der Waals surface area contributed by atoms with Gasteiger partial charge in [0.05, 0.1) is 131 Å². The Kier molecular flexibility index (Phi) is 18.8. The Labute approximate surface area is 640 Å². The number of benzene rings is 2. The normalized spacial score (nSPS) is 19.2. The summed E-state index contributed by atoms with van der Waals surface area (Å²) in [5.41, 5.74) is 17.6. The van der Waals surface area contributed by atoms with Gasteiger partial charge in [-0.05, 0) is 133 Å². The van der Waals surface area contributed by atoms with E-state index in [9.17, 15) is 29.4 Å². The van der Waals surface area contributed by atoms with Crippen molar-refractivity contribution in [2.24, 2.45) is 14.1 Å². The lowest BCUT2D eigenvalue weighted by molar-refractivity contribution is -0.130. The number of likely N-dealkylation sites (N-methyl/N-ethyl adjacent to an activating group) is 1. The first-order valence-corrected chi connectivity index (χ1v) is 38.2. The molecule has 5 fully saturated rings. The Morgan fingerprint density at radius 3 is 1.72 bits per heavy atom. The van der Waals surface area contributed by atoms with E-state index in [1.165, 1.54) is 0 Å². The fourth-order valence-electron chi connectivity index (χ4n) is 17.0. The zero-order valence-electron chi connectivity index (χ0n) is 62.1. The van der Waals surface area contributed by atoms with Gasteiger partial charge in [-0.2, -0.15) is 5.10 Å². The number of aryl methyl sites for hydroxylation is 2. The Hall–Kier alpha value is -11.9. The lowest BCUT2D eigenvalue weighted by atomic mass is 9.90. The van der Waals surface area contributed by atoms with Crippen LogP contribution in [-0.4, -0.2) is 202 Å². The van der Waals surface area contributed by atoms with E-state index in [0.717, 1.165) is 205 Å². The van der Waals surface area contributed by atoms with Crippen molar-refractivity contribution in [3.05, 3.63) is 180 Å². The number of nitrogens with one attached hydrogen (secondary N) is 6. The van der Waals surface area contributed by atoms with Crippen molar-refractivity contribution in [3.8, 4) is 33.6 Å². The maximum Gasteiger partial charge on any atom is 0.254 e. The summed E-state index contributed by atoms with van der Waals surface area (Å²) in [5, 5.41) is 46.6. The van der Waals surface area contributed by atoms with Crippen molar-refractivity contribution in [3.63, 3.8) is 0 Å². The third-order valence-electron chi connectivity index (χ3n) is 23.2. The number of anilines is 9. The fraction of sp³-hybridized carbons (Fsp3) is 0.354. The molecule has 4 amide bonds. The molecule has 568 valence electrons. The van der Waals surface area contributed by atoms with Crippen LogP contribution in [0.3, 0.4) is 0 Å². The van der Waals surface area contributed by atoms with Crippen LogP contribution in [0, 0.1) is 0 Å². The number of aliphatic hydroxyl groups excluding tert-OH is 1. The predicted octanol–water partition coefficient (Wildman–Crippen LogP) is 8.19. The van der Waals surface area contributed by atoms with Crippen LogP contribution in [0.1, 0.15) is 85.6 Å². The summed E-state index contributed by atoms with van der Waals surface area (Å²) in [6, 6.07) is 30.4. The van der Waals surface area contributed by atoms with Crippen LogP contribution in [0.5, 0.6) is 0 Å². The standard InChI is InChI=1S/C31H35N7O3.C26H29N7O3.C25H23N7O2/c1-36-11-7-24-23(6-10-32-29(24)36)22-3-4-26(28-25(22)19-34-30(28)39)35-27-5-2-21(18-33-27)38-12-8-31(40,9-13-38)20-37-14-16-41-17-15-37;1-31-9-6-16-12-22(30-33(16)15-24(31)35)19-3-4-21(25-20(19)14-28-26(25)36)29-23-5-2-17(13-27-23)32-10-7-18(34)8-11-32;1-31-7-5-18-17(4-6-26-24(18)31)23-19-10-29-25(33)22(19)20(11-28-23)30-21-3-2-14(9-27-21)32-12-16-8-15(32)13-34-16/h2-7,10-11,18,40H,8-9,12-17,19-20H2,1H3,(H,33,35)(H,34,39);2-5,12-13,18,34H,6-11,14-15H2,1H3,(H,27,29)(H,28,36);2-7,9,11,15-16H,8,10,12-13H2,1H3,(H,27,30)(H,29,33)/t;;15-,16-/m..1/s1. The number of nitrogens with zero attached hydrogens (tertiary/aromatic N) is 15. The predicted molar refractivity (Wildman–Crippen MR) is 422 cm³/mol. The maximum atomic E-state index is 12.9. The number of carbonyl (C=O) groups excluding carboxylic acids is 4. The topological polar surface area (TPSA) is 321 Å². The molecule has 0 spiro atoms. The first-order chi connectivity index (χ1) is 54.1. The second kappa shape index (κ2) is 29.5. The minimum absolute atomic E-state index is 0.0430. The zero-order valence-corrected chi connectivity index (χ0v) is 62.1. The highest BCUT2D eigenvalue weighted by atomic mass is 16.5. The number of hydrogen-bond acceptors (Lipinski definition) is 22. The molecule has 29 heteroatoms. The van der Waals surface area contributed by atoms with Gasteiger partial charge < -0.3 is 80.3 Å². The van der Waals surface area contributed by atoms with Crippen LogP contribution in [-0.2, 0) is 61.0 Å². The zero-order chi connectivity index (χ0) is 75.6. The van der Waals surface area contributed by atoms with Gasteiger partial charge >= 0.3 is 0 Å². The maximum absolute atomic E-state index is 12.9. The van der Waals surface area contributed by atoms with Gasteiger partial charge in [-0.15, -0.1) is 0 Å². The van der Waals surface area contributed by atoms with E-state index in [-0.39, 0.29) is 36.3 Å². The van der Waals surface area contributed by atoms with Gasteiger partial charge in [-0.3, -0.25) is 33.7 Å². The van der Waals surface area contributed by atoms with Crippen LogP contribution in [0.15, 0.2) is 141 Å². The number of hydrogen-bond donors (Lipinski definition) is 8. The molecule has 9 aromatic heterocycles. The number of morpholine rings is 2. The minimum Gasteiger partial charge on any atom is -0.393 e. The molecular weight excluding hydrogens is 1410 g/mol. The second-order valence-electron chi connectivity index (χ2n) is 30.1. The molecule has 2 aromatic carbocycles. The summed E-state index contributed by atoms with van der Waals surface area (Å²) in [6.45, 7) is 11.1. The molecule has 0 unspecified atom stereocenters. The number of piperidine rings is 2. The molecule has 11 aromatic rings. The summed E-state index contributed by atoms with van der Waals surface area (Å²) in [4.78, 5) is 89.3. The third-order valence-corrected chi connectivity index (χ3v) is 23.2. The summed E-state index contributed by atoms with van der Waals surface area (Å²) in [6.07, 6.45) is 19.8. The van der Waals surface area contributed by atoms with Gasteiger partial charge in [0, 0.05) is 164 Å². The highest BCUT2D eigenvalue weighted by Gasteiger charge is 2.40. The fourth-order valence-corrected chi connectivity index (χ4v) is 17.0. The summed E-state index contributed by atoms with van der Waals surface area (Å²) in [5.74, 6) is 1.73. The number of carbonyl (C=O) groups is 4. The van der Waals surface area contributed by atoms with E-state index in [2.05, 4.69) is 101 Å². The van der Waals surface area contributed by atoms with Gasteiger partial charge in [0.2, 0.25) is 5.91 Å². The first-order valence-electron chi connectivity index (χ1n) is 38.2. The summed E-state index contributed by atoms with van der Waals surface area (Å²) >= 11 is 0. The molecule has 20 rings (SSSR count). The first kappa shape index (κ1) is 70.8. The van der Waals surface area contributed by atoms with E-state index in [1.54, 1.807) is 22.0 Å². The molecule has 9 aliphatic heterocycles. The van der Waals surface area contributed by atoms with Gasteiger partial charge in [0.1, 0.15) is 35.3 Å². The number of pyridine rings is 6. The summed E-state index contributed by atoms with van der Waals surface area (Å²) in [7, 11) is 5.76. The molecule has 18 heterocycles. The minimum atomic E-state index is -0.654. The van der Waals surface area contributed by atoms with Crippen molar-refractivity contribution in [2.75, 3.05) is 116 Å². The molecule has 5 saturated heterocycles. The molecule has 2 bridgehead atoms. The van der Waals surface area contributed by atoms with E-state index >= 15 is 0 Å². The second-order valence-corrected chi connectivity index (χ2v) is 30.1. The van der Waals surface area contributed by atoms with E-state index < -0.39 is 5.60 Å². The number of ether oxygens (including phenoxy) is 2. The average molecular weight is 1490 g/mol. The van der Waals surface area contributed by atoms with E-state index in [0.29, 0.717) is 90.4 Å². The number of fused-ring (bicyclic) bond motifs is 8. The van der Waals surface area contributed by atoms with Crippen molar-refractivity contribution in [2.45, 2.75) is 88.6 Å². The summed E-state index contributed by atoms with van der Waals surface area (Å²) < 4.78 is 16.9. The molecule has 0 radical (unpaired) electrons. The number of rotatable bonds is 14. The van der Waals surface area contributed by atoms with E-state index in [1.807, 2.05) is 134 Å². The lowest BCUT2D eigenvalue weighted by Crippen LogP contribution is -2.53. The Morgan fingerprint density at radius 2 is 1.13 bits per heavy atom. The SMILES string of the molecule is CN1CCc2cc(-c3ccc(Nc4ccc(N5CCC(O)CC5)cn4)c4c3CNC4=O)nn2CC1=O.Cn1ccc2c(-c3ccc(Nc4ccc(N5CCC(O)(CN6CCOCC6)CC5)cn4)c4c3CNC4=O)ccnc21.Cn1ccc2c(-c3ncc(Nc4ccc(N5C[C@H]6C[C@@H]5CO6)cn4)c4c3CNC4=O)ccnc21. The van der Waals surface area contributed by atoms with E-state index in [4.69, 9.17) is 19.6 Å². The highest BCUT2D eigenvalue weighted by molar-refractivity contribution is 6.09. The quantitative estimate of drug-likeness (QED) is 0.0508. The largest absolute Gasteiger partial charge is 0.393 e. The molecule has 2 atom stereocenters. The van der Waals surface area contributed by atoms with Crippen molar-refractivity contribution >= 4 is 97.3 Å². The lowest BCUT2D eigenvalue weighted by Gasteiger charge is -2.42. The Morgan fingerprint density at radius 1 is 0.568 bits per heavy atom.